The molecule has 116 valence electrons. The molecule has 21 heavy (non-hydrogen) atoms. The summed E-state index contributed by atoms with van der Waals surface area (Å²) in [7, 11) is 0. The number of primary amides is 1. The zero-order valence-corrected chi connectivity index (χ0v) is 14.1. The van der Waals surface area contributed by atoms with Gasteiger partial charge in [-0.15, -0.1) is 11.3 Å². The van der Waals surface area contributed by atoms with Crippen LogP contribution < -0.4 is 5.73 Å². The monoisotopic (exact) mass is 327 g/mol. The molecule has 5 nitrogen and oxygen atoms in total. The average Bonchev–Trinajstić information content (AvgIpc) is 2.76. The fraction of sp³-hybridized carbons (Fsp3) is 0.643. The number of amides is 2. The van der Waals surface area contributed by atoms with Crippen LogP contribution in [-0.2, 0) is 16.0 Å². The topological polar surface area (TPSA) is 76.3 Å². The van der Waals surface area contributed by atoms with Gasteiger partial charge >= 0.3 is 0 Å². The van der Waals surface area contributed by atoms with Gasteiger partial charge in [0.25, 0.3) is 0 Å². The SMILES string of the molecule is Cc1nc(SCC(=O)N2CCCC(C)C2)sc1CC(N)=O. The van der Waals surface area contributed by atoms with E-state index in [-0.39, 0.29) is 18.2 Å². The maximum atomic E-state index is 12.2. The van der Waals surface area contributed by atoms with E-state index < -0.39 is 0 Å². The molecule has 2 amide bonds. The van der Waals surface area contributed by atoms with Gasteiger partial charge in [0.2, 0.25) is 11.8 Å². The number of carbonyl (C=O) groups is 2. The van der Waals surface area contributed by atoms with Crippen LogP contribution >= 0.6 is 23.1 Å². The number of thiazole rings is 1. The summed E-state index contributed by atoms with van der Waals surface area (Å²) in [6.45, 7) is 5.79. The first kappa shape index (κ1) is 16.3. The molecule has 0 aliphatic carbocycles. The third kappa shape index (κ3) is 4.71. The van der Waals surface area contributed by atoms with E-state index in [2.05, 4.69) is 11.9 Å². The minimum absolute atomic E-state index is 0.177. The van der Waals surface area contributed by atoms with Gasteiger partial charge in [-0.05, 0) is 25.7 Å². The molecule has 1 aromatic heterocycles. The largest absolute Gasteiger partial charge is 0.369 e. The zero-order chi connectivity index (χ0) is 15.4. The molecule has 0 saturated carbocycles. The fourth-order valence-electron chi connectivity index (χ4n) is 2.42. The molecule has 1 fully saturated rings. The maximum Gasteiger partial charge on any atom is 0.233 e. The molecule has 1 aliphatic heterocycles. The molecule has 2 heterocycles. The van der Waals surface area contributed by atoms with Crippen LogP contribution in [0.2, 0.25) is 0 Å². The first-order valence-electron chi connectivity index (χ1n) is 7.11. The molecule has 0 spiro atoms. The molecule has 1 aliphatic rings. The number of hydrogen-bond acceptors (Lipinski definition) is 5. The van der Waals surface area contributed by atoms with Crippen molar-refractivity contribution in [3.8, 4) is 0 Å². The van der Waals surface area contributed by atoms with Gasteiger partial charge in [-0.25, -0.2) is 4.98 Å². The van der Waals surface area contributed by atoms with Gasteiger partial charge in [-0.1, -0.05) is 18.7 Å². The van der Waals surface area contributed by atoms with Gasteiger partial charge < -0.3 is 10.6 Å². The number of rotatable bonds is 5. The van der Waals surface area contributed by atoms with E-state index in [0.29, 0.717) is 11.7 Å². The molecule has 2 N–H and O–H groups in total. The van der Waals surface area contributed by atoms with Crippen LogP contribution in [0.5, 0.6) is 0 Å². The van der Waals surface area contributed by atoms with Crippen molar-refractivity contribution in [2.45, 2.75) is 37.4 Å². The van der Waals surface area contributed by atoms with E-state index in [9.17, 15) is 9.59 Å². The normalized spacial score (nSPS) is 18.8. The Bertz CT molecular complexity index is 530. The van der Waals surface area contributed by atoms with E-state index in [0.717, 1.165) is 34.4 Å². The van der Waals surface area contributed by atoms with E-state index in [1.807, 2.05) is 11.8 Å². The second-order valence-corrected chi connectivity index (χ2v) is 7.81. The Kier molecular flexibility index (Phi) is 5.64. The highest BCUT2D eigenvalue weighted by molar-refractivity contribution is 8.01. The lowest BCUT2D eigenvalue weighted by atomic mass is 10.0. The Morgan fingerprint density at radius 3 is 2.95 bits per heavy atom. The van der Waals surface area contributed by atoms with Crippen LogP contribution in [-0.4, -0.2) is 40.5 Å². The minimum atomic E-state index is -0.350. The van der Waals surface area contributed by atoms with Crippen molar-refractivity contribution < 1.29 is 9.59 Å². The van der Waals surface area contributed by atoms with Crippen LogP contribution in [0.1, 0.15) is 30.3 Å². The summed E-state index contributed by atoms with van der Waals surface area (Å²) in [5.74, 6) is 0.833. The molecular formula is C14H21N3O2S2. The Hall–Kier alpha value is -1.08. The smallest absolute Gasteiger partial charge is 0.233 e. The van der Waals surface area contributed by atoms with Gasteiger partial charge in [0.1, 0.15) is 0 Å². The summed E-state index contributed by atoms with van der Waals surface area (Å²) in [6.07, 6.45) is 2.53. The molecule has 1 unspecified atom stereocenters. The van der Waals surface area contributed by atoms with E-state index >= 15 is 0 Å². The number of piperidine rings is 1. The second kappa shape index (κ2) is 7.26. The summed E-state index contributed by atoms with van der Waals surface area (Å²) < 4.78 is 0.835. The van der Waals surface area contributed by atoms with Gasteiger partial charge in [0.15, 0.2) is 4.34 Å². The first-order valence-corrected chi connectivity index (χ1v) is 8.91. The predicted molar refractivity (Wildman–Crippen MR) is 85.5 cm³/mol. The number of aromatic nitrogens is 1. The van der Waals surface area contributed by atoms with Crippen molar-refractivity contribution in [3.05, 3.63) is 10.6 Å². The molecule has 1 atom stereocenters. The zero-order valence-electron chi connectivity index (χ0n) is 12.4. The van der Waals surface area contributed by atoms with Crippen molar-refractivity contribution >= 4 is 34.9 Å². The van der Waals surface area contributed by atoms with Crippen LogP contribution in [0.15, 0.2) is 4.34 Å². The molecule has 0 radical (unpaired) electrons. The molecule has 0 bridgehead atoms. The summed E-state index contributed by atoms with van der Waals surface area (Å²) in [5, 5.41) is 0. The number of nitrogens with two attached hydrogens (primary N) is 1. The molecular weight excluding hydrogens is 306 g/mol. The van der Waals surface area contributed by atoms with Gasteiger partial charge in [0, 0.05) is 18.0 Å². The number of hydrogen-bond donors (Lipinski definition) is 1. The summed E-state index contributed by atoms with van der Waals surface area (Å²) in [5.41, 5.74) is 6.04. The van der Waals surface area contributed by atoms with Gasteiger partial charge in [0.05, 0.1) is 17.9 Å². The maximum absolute atomic E-state index is 12.2. The van der Waals surface area contributed by atoms with Crippen molar-refractivity contribution in [1.82, 2.24) is 9.88 Å². The van der Waals surface area contributed by atoms with E-state index in [1.54, 1.807) is 0 Å². The molecule has 1 saturated heterocycles. The molecule has 7 heteroatoms. The number of aryl methyl sites for hydroxylation is 1. The first-order chi connectivity index (χ1) is 9.95. The third-order valence-corrected chi connectivity index (χ3v) is 5.82. The van der Waals surface area contributed by atoms with Crippen molar-refractivity contribution in [3.63, 3.8) is 0 Å². The lowest BCUT2D eigenvalue weighted by molar-refractivity contribution is -0.130. The minimum Gasteiger partial charge on any atom is -0.369 e. The lowest BCUT2D eigenvalue weighted by Crippen LogP contribution is -2.40. The van der Waals surface area contributed by atoms with Gasteiger partial charge in [-0.3, -0.25) is 9.59 Å². The Morgan fingerprint density at radius 1 is 1.52 bits per heavy atom. The molecule has 1 aromatic rings. The number of likely N-dealkylation sites (tertiary alicyclic amines) is 1. The molecule has 2 rings (SSSR count). The predicted octanol–water partition coefficient (Wildman–Crippen LogP) is 1.83. The number of nitrogens with zero attached hydrogens (tertiary/aromatic N) is 2. The summed E-state index contributed by atoms with van der Waals surface area (Å²) >= 11 is 2.91. The van der Waals surface area contributed by atoms with E-state index in [1.165, 1.54) is 29.5 Å². The van der Waals surface area contributed by atoms with Crippen molar-refractivity contribution in [2.75, 3.05) is 18.8 Å². The Morgan fingerprint density at radius 2 is 2.29 bits per heavy atom. The number of thioether (sulfide) groups is 1. The van der Waals surface area contributed by atoms with E-state index in [4.69, 9.17) is 5.73 Å². The van der Waals surface area contributed by atoms with Crippen LogP contribution in [0, 0.1) is 12.8 Å². The highest BCUT2D eigenvalue weighted by atomic mass is 32.2. The van der Waals surface area contributed by atoms with Gasteiger partial charge in [-0.2, -0.15) is 0 Å². The Balaban J connectivity index is 1.87. The second-order valence-electron chi connectivity index (χ2n) is 5.51. The molecule has 0 aromatic carbocycles. The quantitative estimate of drug-likeness (QED) is 0.837. The highest BCUT2D eigenvalue weighted by Gasteiger charge is 2.21. The van der Waals surface area contributed by atoms with Crippen molar-refractivity contribution in [1.29, 1.82) is 0 Å². The standard InChI is InChI=1S/C14H21N3O2S2/c1-9-4-3-5-17(7-9)13(19)8-20-14-16-10(2)11(21-14)6-12(15)18/h9H,3-8H2,1-2H3,(H2,15,18). The fourth-order valence-corrected chi connectivity index (χ4v) is 4.56. The Labute approximate surface area is 133 Å². The summed E-state index contributed by atoms with van der Waals surface area (Å²) in [6, 6.07) is 0. The van der Waals surface area contributed by atoms with Crippen LogP contribution in [0.25, 0.3) is 0 Å². The highest BCUT2D eigenvalue weighted by Crippen LogP contribution is 2.28. The van der Waals surface area contributed by atoms with Crippen LogP contribution in [0.4, 0.5) is 0 Å². The lowest BCUT2D eigenvalue weighted by Gasteiger charge is -2.30. The van der Waals surface area contributed by atoms with Crippen molar-refractivity contribution in [2.24, 2.45) is 11.7 Å². The third-order valence-electron chi connectivity index (χ3n) is 3.54. The number of carbonyl (C=O) groups excluding carboxylic acids is 2. The average molecular weight is 327 g/mol. The summed E-state index contributed by atoms with van der Waals surface area (Å²) in [4.78, 5) is 30.4. The van der Waals surface area contributed by atoms with Crippen LogP contribution in [0.3, 0.4) is 0 Å².